The van der Waals surface area contributed by atoms with E-state index < -0.39 is 22.9 Å². The number of aryl methyl sites for hydroxylation is 2. The van der Waals surface area contributed by atoms with E-state index in [0.717, 1.165) is 5.56 Å². The van der Waals surface area contributed by atoms with E-state index in [9.17, 15) is 19.7 Å². The topological polar surface area (TPSA) is 116 Å². The Hall–Kier alpha value is -4.50. The number of nitro benzene ring substituents is 1. The molecule has 188 valence electrons. The lowest BCUT2D eigenvalue weighted by molar-refractivity contribution is -0.384. The molecule has 0 saturated heterocycles. The molecule has 4 aromatic rings. The van der Waals surface area contributed by atoms with Crippen molar-refractivity contribution in [3.63, 3.8) is 0 Å². The number of benzene rings is 3. The first-order chi connectivity index (χ1) is 17.7. The van der Waals surface area contributed by atoms with Crippen LogP contribution in [0.1, 0.15) is 38.8 Å². The second kappa shape index (κ2) is 11.0. The number of nitro groups is 1. The molecule has 3 aromatic carbocycles. The SMILES string of the molecule is Cc1ccc(NC(=O)[C@H](OC(=O)c2c(C)nn(Cc3ccccc3)c2Cl)c2ccccc2)c([N+](=O)[O-])c1. The number of hydrogen-bond acceptors (Lipinski definition) is 6. The smallest absolute Gasteiger partial charge is 0.344 e. The van der Waals surface area contributed by atoms with Gasteiger partial charge in [-0.2, -0.15) is 5.10 Å². The number of aromatic nitrogens is 2. The Morgan fingerprint density at radius 2 is 1.70 bits per heavy atom. The molecule has 0 radical (unpaired) electrons. The Morgan fingerprint density at radius 1 is 1.05 bits per heavy atom. The van der Waals surface area contributed by atoms with Crippen LogP contribution in [0.5, 0.6) is 0 Å². The second-order valence-corrected chi connectivity index (χ2v) is 8.72. The van der Waals surface area contributed by atoms with Crippen LogP contribution in [0.3, 0.4) is 0 Å². The summed E-state index contributed by atoms with van der Waals surface area (Å²) in [6, 6.07) is 22.3. The number of ether oxygens (including phenoxy) is 1. The van der Waals surface area contributed by atoms with Crippen molar-refractivity contribution in [2.45, 2.75) is 26.5 Å². The van der Waals surface area contributed by atoms with Gasteiger partial charge < -0.3 is 10.1 Å². The highest BCUT2D eigenvalue weighted by molar-refractivity contribution is 6.32. The third-order valence-corrected chi connectivity index (χ3v) is 6.00. The summed E-state index contributed by atoms with van der Waals surface area (Å²) in [5, 5.41) is 18.5. The molecule has 1 atom stereocenters. The standard InChI is InChI=1S/C27H23ClN4O5/c1-17-13-14-21(22(15-17)32(35)36)29-26(33)24(20-11-7-4-8-12-20)37-27(34)23-18(2)30-31(25(23)28)16-19-9-5-3-6-10-19/h3-15,24H,16H2,1-2H3,(H,29,33)/t24-/m1/s1. The van der Waals surface area contributed by atoms with Gasteiger partial charge >= 0.3 is 5.97 Å². The Morgan fingerprint density at radius 3 is 2.35 bits per heavy atom. The predicted molar refractivity (Wildman–Crippen MR) is 139 cm³/mol. The van der Waals surface area contributed by atoms with Gasteiger partial charge in [0.2, 0.25) is 6.10 Å². The molecule has 10 heteroatoms. The van der Waals surface area contributed by atoms with Crippen LogP contribution in [0.15, 0.2) is 78.9 Å². The molecule has 0 aliphatic carbocycles. The van der Waals surface area contributed by atoms with E-state index in [1.54, 1.807) is 50.2 Å². The number of halogens is 1. The Balaban J connectivity index is 1.62. The van der Waals surface area contributed by atoms with Crippen molar-refractivity contribution >= 4 is 34.9 Å². The maximum absolute atomic E-state index is 13.3. The average molecular weight is 519 g/mol. The van der Waals surface area contributed by atoms with Gasteiger partial charge in [-0.25, -0.2) is 9.48 Å². The molecule has 0 aliphatic heterocycles. The maximum atomic E-state index is 13.3. The van der Waals surface area contributed by atoms with Gasteiger partial charge in [-0.05, 0) is 31.0 Å². The number of nitrogens with zero attached hydrogens (tertiary/aromatic N) is 3. The van der Waals surface area contributed by atoms with E-state index in [-0.39, 0.29) is 22.1 Å². The molecule has 9 nitrogen and oxygen atoms in total. The summed E-state index contributed by atoms with van der Waals surface area (Å²) in [5.74, 6) is -1.60. The van der Waals surface area contributed by atoms with E-state index in [0.29, 0.717) is 23.4 Å². The van der Waals surface area contributed by atoms with Crippen LogP contribution in [0, 0.1) is 24.0 Å². The van der Waals surface area contributed by atoms with Gasteiger partial charge in [0.05, 0.1) is 17.2 Å². The van der Waals surface area contributed by atoms with Crippen molar-refractivity contribution in [3.8, 4) is 0 Å². The van der Waals surface area contributed by atoms with Crippen molar-refractivity contribution in [2.24, 2.45) is 0 Å². The maximum Gasteiger partial charge on any atom is 0.344 e. The summed E-state index contributed by atoms with van der Waals surface area (Å²) < 4.78 is 7.13. The number of hydrogen-bond donors (Lipinski definition) is 1. The van der Waals surface area contributed by atoms with Crippen LogP contribution >= 0.6 is 11.6 Å². The Bertz CT molecular complexity index is 1450. The van der Waals surface area contributed by atoms with E-state index in [1.807, 2.05) is 30.3 Å². The number of nitrogens with one attached hydrogen (secondary N) is 1. The molecule has 0 bridgehead atoms. The van der Waals surface area contributed by atoms with Crippen LogP contribution in [0.2, 0.25) is 5.15 Å². The van der Waals surface area contributed by atoms with Crippen LogP contribution in [-0.2, 0) is 16.1 Å². The van der Waals surface area contributed by atoms with Crippen LogP contribution in [0.25, 0.3) is 0 Å². The van der Waals surface area contributed by atoms with Crippen molar-refractivity contribution < 1.29 is 19.2 Å². The van der Waals surface area contributed by atoms with E-state index >= 15 is 0 Å². The molecule has 1 amide bonds. The lowest BCUT2D eigenvalue weighted by atomic mass is 10.1. The van der Waals surface area contributed by atoms with Gasteiger partial charge in [-0.3, -0.25) is 14.9 Å². The molecule has 4 rings (SSSR count). The Labute approximate surface area is 217 Å². The number of anilines is 1. The van der Waals surface area contributed by atoms with Gasteiger partial charge in [-0.15, -0.1) is 0 Å². The minimum atomic E-state index is -1.40. The van der Waals surface area contributed by atoms with E-state index in [2.05, 4.69) is 10.4 Å². The van der Waals surface area contributed by atoms with Crippen molar-refractivity contribution in [2.75, 3.05) is 5.32 Å². The molecule has 37 heavy (non-hydrogen) atoms. The minimum Gasteiger partial charge on any atom is -0.444 e. The largest absolute Gasteiger partial charge is 0.444 e. The quantitative estimate of drug-likeness (QED) is 0.183. The zero-order chi connectivity index (χ0) is 26.5. The molecule has 0 spiro atoms. The first-order valence-electron chi connectivity index (χ1n) is 11.3. The molecule has 1 N–H and O–H groups in total. The molecule has 0 fully saturated rings. The van der Waals surface area contributed by atoms with Crippen LogP contribution < -0.4 is 5.32 Å². The summed E-state index contributed by atoms with van der Waals surface area (Å²) in [5.41, 5.74) is 2.07. The molecule has 0 saturated carbocycles. The number of amides is 1. The third kappa shape index (κ3) is 5.84. The lowest BCUT2D eigenvalue weighted by Crippen LogP contribution is -2.26. The molecule has 1 heterocycles. The predicted octanol–water partition coefficient (Wildman–Crippen LogP) is 5.65. The third-order valence-electron chi connectivity index (χ3n) is 5.62. The zero-order valence-electron chi connectivity index (χ0n) is 20.1. The fraction of sp³-hybridized carbons (Fsp3) is 0.148. The summed E-state index contributed by atoms with van der Waals surface area (Å²) in [4.78, 5) is 37.5. The zero-order valence-corrected chi connectivity index (χ0v) is 20.8. The van der Waals surface area contributed by atoms with Gasteiger partial charge in [-0.1, -0.05) is 78.3 Å². The summed E-state index contributed by atoms with van der Waals surface area (Å²) in [6.45, 7) is 3.67. The highest BCUT2D eigenvalue weighted by Crippen LogP contribution is 2.29. The summed E-state index contributed by atoms with van der Waals surface area (Å²) in [6.07, 6.45) is -1.40. The average Bonchev–Trinajstić information content (AvgIpc) is 3.16. The highest BCUT2D eigenvalue weighted by atomic mass is 35.5. The van der Waals surface area contributed by atoms with Crippen LogP contribution in [-0.4, -0.2) is 26.6 Å². The Kier molecular flexibility index (Phi) is 7.64. The van der Waals surface area contributed by atoms with Gasteiger partial charge in [0.25, 0.3) is 11.6 Å². The molecule has 0 unspecified atom stereocenters. The summed E-state index contributed by atoms with van der Waals surface area (Å²) >= 11 is 6.51. The van der Waals surface area contributed by atoms with Gasteiger partial charge in [0.1, 0.15) is 16.4 Å². The lowest BCUT2D eigenvalue weighted by Gasteiger charge is -2.18. The molecular formula is C27H23ClN4O5. The number of esters is 1. The van der Waals surface area contributed by atoms with E-state index in [4.69, 9.17) is 16.3 Å². The second-order valence-electron chi connectivity index (χ2n) is 8.36. The van der Waals surface area contributed by atoms with Crippen molar-refractivity contribution in [3.05, 3.63) is 122 Å². The fourth-order valence-corrected chi connectivity index (χ4v) is 4.12. The number of carbonyl (C=O) groups is 2. The molecular weight excluding hydrogens is 496 g/mol. The minimum absolute atomic E-state index is 0.0116. The van der Waals surface area contributed by atoms with Crippen LogP contribution in [0.4, 0.5) is 11.4 Å². The van der Waals surface area contributed by atoms with E-state index in [1.165, 1.54) is 16.8 Å². The highest BCUT2D eigenvalue weighted by Gasteiger charge is 2.30. The van der Waals surface area contributed by atoms with Crippen molar-refractivity contribution in [1.29, 1.82) is 0 Å². The van der Waals surface area contributed by atoms with Gasteiger partial charge in [0, 0.05) is 11.6 Å². The first-order valence-corrected chi connectivity index (χ1v) is 11.7. The monoisotopic (exact) mass is 518 g/mol. The fourth-order valence-electron chi connectivity index (χ4n) is 3.81. The first kappa shape index (κ1) is 25.6. The van der Waals surface area contributed by atoms with Gasteiger partial charge in [0.15, 0.2) is 0 Å². The number of rotatable bonds is 8. The molecule has 0 aliphatic rings. The summed E-state index contributed by atoms with van der Waals surface area (Å²) in [7, 11) is 0. The molecule has 1 aromatic heterocycles. The van der Waals surface area contributed by atoms with Crippen molar-refractivity contribution in [1.82, 2.24) is 9.78 Å². The normalized spacial score (nSPS) is 11.5. The number of carbonyl (C=O) groups excluding carboxylic acids is 2.